The number of carbonyl (C=O) groups is 1. The summed E-state index contributed by atoms with van der Waals surface area (Å²) >= 11 is 0. The van der Waals surface area contributed by atoms with E-state index >= 15 is 0 Å². The number of nitrogens with two attached hydrogens (primary N) is 1. The molecule has 1 aliphatic rings. The first-order valence-corrected chi connectivity index (χ1v) is 10.0. The molecule has 2 amide bonds. The zero-order valence-electron chi connectivity index (χ0n) is 17.7. The van der Waals surface area contributed by atoms with Crippen molar-refractivity contribution in [3.05, 3.63) is 65.7 Å². The number of fused-ring (bicyclic) bond motifs is 1. The Bertz CT molecular complexity index is 1200. The third-order valence-corrected chi connectivity index (χ3v) is 5.01. The van der Waals surface area contributed by atoms with Crippen LogP contribution in [0.15, 0.2) is 59.6 Å². The number of hydrogen-bond donors (Lipinski definition) is 2. The number of aromatic hydroxyl groups is 1. The van der Waals surface area contributed by atoms with Gasteiger partial charge in [0.25, 0.3) is 6.43 Å². The first-order chi connectivity index (χ1) is 15.9. The molecule has 0 bridgehead atoms. The molecular weight excluding hydrogens is 432 g/mol. The lowest BCUT2D eigenvalue weighted by Gasteiger charge is -2.36. The van der Waals surface area contributed by atoms with Crippen molar-refractivity contribution in [2.45, 2.75) is 13.0 Å². The van der Waals surface area contributed by atoms with Crippen LogP contribution in [-0.4, -0.2) is 42.4 Å². The molecular formula is C23H21F2N5O3. The van der Waals surface area contributed by atoms with Crippen molar-refractivity contribution in [1.29, 1.82) is 0 Å². The van der Waals surface area contributed by atoms with Gasteiger partial charge in [-0.3, -0.25) is 9.89 Å². The van der Waals surface area contributed by atoms with Gasteiger partial charge in [0.05, 0.1) is 12.2 Å². The van der Waals surface area contributed by atoms with Crippen LogP contribution in [0.3, 0.4) is 0 Å². The molecule has 0 saturated carbocycles. The van der Waals surface area contributed by atoms with Crippen molar-refractivity contribution in [2.75, 3.05) is 29.2 Å². The molecule has 0 unspecified atom stereocenters. The summed E-state index contributed by atoms with van der Waals surface area (Å²) in [6.07, 6.45) is -1.05. The minimum atomic E-state index is -2.65. The molecule has 8 nitrogen and oxygen atoms in total. The van der Waals surface area contributed by atoms with Gasteiger partial charge in [-0.05, 0) is 48.5 Å². The number of pyridine rings is 1. The van der Waals surface area contributed by atoms with Gasteiger partial charge < -0.3 is 15.6 Å². The number of nitrogen functional groups attached to an aromatic ring is 1. The number of nitrogens with zero attached hydrogens (tertiary/aromatic N) is 4. The fourth-order valence-corrected chi connectivity index (χ4v) is 3.47. The van der Waals surface area contributed by atoms with E-state index in [4.69, 9.17) is 10.5 Å². The molecule has 3 N–H and O–H groups in total. The number of hydrogen-bond acceptors (Lipinski definition) is 6. The van der Waals surface area contributed by atoms with Crippen LogP contribution < -0.4 is 20.3 Å². The van der Waals surface area contributed by atoms with E-state index in [1.54, 1.807) is 54.6 Å². The molecule has 2 heterocycles. The third kappa shape index (κ3) is 4.54. The number of aromatic nitrogens is 1. The Morgan fingerprint density at radius 1 is 1.18 bits per heavy atom. The van der Waals surface area contributed by atoms with E-state index in [1.165, 1.54) is 23.1 Å². The maximum Gasteiger partial charge on any atom is 0.335 e. The van der Waals surface area contributed by atoms with Gasteiger partial charge in [-0.15, -0.1) is 0 Å². The first kappa shape index (κ1) is 22.0. The van der Waals surface area contributed by atoms with Gasteiger partial charge in [0, 0.05) is 41.8 Å². The van der Waals surface area contributed by atoms with Crippen molar-refractivity contribution in [3.8, 4) is 11.6 Å². The predicted molar refractivity (Wildman–Crippen MR) is 122 cm³/mol. The van der Waals surface area contributed by atoms with Crippen molar-refractivity contribution in [1.82, 2.24) is 4.98 Å². The second-order valence-corrected chi connectivity index (χ2v) is 7.26. The Balaban J connectivity index is 1.79. The van der Waals surface area contributed by atoms with E-state index in [9.17, 15) is 18.7 Å². The Kier molecular flexibility index (Phi) is 6.07. The lowest BCUT2D eigenvalue weighted by molar-refractivity contribution is 0.0796. The molecule has 0 fully saturated rings. The van der Waals surface area contributed by atoms with E-state index in [-0.39, 0.29) is 24.0 Å². The normalized spacial score (nSPS) is 13.6. The minimum absolute atomic E-state index is 0.0204. The molecule has 0 atom stereocenters. The van der Waals surface area contributed by atoms with Gasteiger partial charge >= 0.3 is 6.03 Å². The number of ether oxygens (including phenoxy) is 1. The monoisotopic (exact) mass is 453 g/mol. The standard InChI is InChI=1S/C23H21F2N5O3/c1-27-11-15-10-17(5-8-19(15)26)29-12-14-2-9-21(33-13-20(24)25)28-22(14)30(23(29)32)16-3-6-18(31)7-4-16/h2-11,20,31H,12-13,26H2,1H3. The molecule has 10 heteroatoms. The third-order valence-electron chi connectivity index (χ3n) is 5.01. The largest absolute Gasteiger partial charge is 0.508 e. The van der Waals surface area contributed by atoms with Gasteiger partial charge in [0.15, 0.2) is 6.61 Å². The van der Waals surface area contributed by atoms with Crippen LogP contribution in [0, 0.1) is 0 Å². The average molecular weight is 453 g/mol. The summed E-state index contributed by atoms with van der Waals surface area (Å²) in [5.41, 5.74) is 8.90. The van der Waals surface area contributed by atoms with E-state index < -0.39 is 19.1 Å². The molecule has 0 spiro atoms. The number of anilines is 4. The second-order valence-electron chi connectivity index (χ2n) is 7.26. The number of alkyl halides is 2. The maximum atomic E-state index is 13.6. The van der Waals surface area contributed by atoms with Crippen molar-refractivity contribution >= 4 is 35.1 Å². The molecule has 1 aliphatic heterocycles. The van der Waals surface area contributed by atoms with Crippen molar-refractivity contribution in [3.63, 3.8) is 0 Å². The number of urea groups is 1. The lowest BCUT2D eigenvalue weighted by atomic mass is 10.1. The predicted octanol–water partition coefficient (Wildman–Crippen LogP) is 4.34. The van der Waals surface area contributed by atoms with E-state index in [0.29, 0.717) is 28.2 Å². The van der Waals surface area contributed by atoms with Crippen LogP contribution in [0.4, 0.5) is 36.5 Å². The molecule has 3 aromatic rings. The fraction of sp³-hybridized carbons (Fsp3) is 0.174. The first-order valence-electron chi connectivity index (χ1n) is 10.0. The zero-order valence-corrected chi connectivity index (χ0v) is 17.7. The smallest absolute Gasteiger partial charge is 0.335 e. The summed E-state index contributed by atoms with van der Waals surface area (Å²) < 4.78 is 30.2. The SMILES string of the molecule is CN=Cc1cc(N2Cc3ccc(OCC(F)F)nc3N(c3ccc(O)cc3)C2=O)ccc1N. The summed E-state index contributed by atoms with van der Waals surface area (Å²) in [7, 11) is 1.63. The van der Waals surface area contributed by atoms with Gasteiger partial charge in [0.1, 0.15) is 11.6 Å². The van der Waals surface area contributed by atoms with Crippen LogP contribution in [0.2, 0.25) is 0 Å². The van der Waals surface area contributed by atoms with Crippen LogP contribution in [-0.2, 0) is 6.54 Å². The van der Waals surface area contributed by atoms with Crippen LogP contribution in [0.5, 0.6) is 11.6 Å². The molecule has 1 aromatic heterocycles. The van der Waals surface area contributed by atoms with Gasteiger partial charge in [0.2, 0.25) is 5.88 Å². The molecule has 0 radical (unpaired) electrons. The second kappa shape index (κ2) is 9.11. The Labute approximate surface area is 188 Å². The summed E-state index contributed by atoms with van der Waals surface area (Å²) in [5.74, 6) is 0.275. The summed E-state index contributed by atoms with van der Waals surface area (Å²) in [5, 5.41) is 9.67. The van der Waals surface area contributed by atoms with Crippen LogP contribution >= 0.6 is 0 Å². The van der Waals surface area contributed by atoms with Crippen molar-refractivity contribution in [2.24, 2.45) is 4.99 Å². The highest BCUT2D eigenvalue weighted by molar-refractivity contribution is 6.10. The molecule has 0 saturated heterocycles. The number of rotatable bonds is 6. The van der Waals surface area contributed by atoms with Crippen LogP contribution in [0.25, 0.3) is 0 Å². The molecule has 33 heavy (non-hydrogen) atoms. The fourth-order valence-electron chi connectivity index (χ4n) is 3.47. The number of benzene rings is 2. The topological polar surface area (TPSA) is 104 Å². The molecule has 2 aromatic carbocycles. The molecule has 0 aliphatic carbocycles. The van der Waals surface area contributed by atoms with E-state index in [2.05, 4.69) is 9.98 Å². The van der Waals surface area contributed by atoms with Gasteiger partial charge in [-0.1, -0.05) is 0 Å². The number of phenolic OH excluding ortho intramolecular Hbond substituents is 1. The summed E-state index contributed by atoms with van der Waals surface area (Å²) in [4.78, 5) is 24.8. The number of phenols is 1. The highest BCUT2D eigenvalue weighted by atomic mass is 19.3. The van der Waals surface area contributed by atoms with E-state index in [0.717, 1.165) is 0 Å². The van der Waals surface area contributed by atoms with Crippen LogP contribution in [0.1, 0.15) is 11.1 Å². The minimum Gasteiger partial charge on any atom is -0.508 e. The van der Waals surface area contributed by atoms with Gasteiger partial charge in [-0.2, -0.15) is 4.98 Å². The summed E-state index contributed by atoms with van der Waals surface area (Å²) in [6.45, 7) is -0.615. The number of amides is 2. The van der Waals surface area contributed by atoms with E-state index in [1.807, 2.05) is 0 Å². The highest BCUT2D eigenvalue weighted by Gasteiger charge is 2.34. The van der Waals surface area contributed by atoms with Crippen molar-refractivity contribution < 1.29 is 23.4 Å². The number of carbonyl (C=O) groups excluding carboxylic acids is 1. The Morgan fingerprint density at radius 3 is 2.61 bits per heavy atom. The van der Waals surface area contributed by atoms with Gasteiger partial charge in [-0.25, -0.2) is 18.5 Å². The number of halogens is 2. The summed E-state index contributed by atoms with van der Waals surface area (Å²) in [6, 6.07) is 13.9. The Morgan fingerprint density at radius 2 is 1.91 bits per heavy atom. The highest BCUT2D eigenvalue weighted by Crippen LogP contribution is 2.37. The maximum absolute atomic E-state index is 13.6. The Hall–Kier alpha value is -4.21. The number of aliphatic imine (C=N–C) groups is 1. The molecule has 4 rings (SSSR count). The zero-order chi connectivity index (χ0) is 23.5. The molecule has 170 valence electrons. The lowest BCUT2D eigenvalue weighted by Crippen LogP contribution is -2.45. The quantitative estimate of drug-likeness (QED) is 0.427. The average Bonchev–Trinajstić information content (AvgIpc) is 2.80.